The zero-order chi connectivity index (χ0) is 15.6. The minimum Gasteiger partial charge on any atom is -0.389 e. The first-order chi connectivity index (χ1) is 9.88. The van der Waals surface area contributed by atoms with Crippen molar-refractivity contribution in [3.05, 3.63) is 35.1 Å². The van der Waals surface area contributed by atoms with Crippen molar-refractivity contribution in [2.24, 2.45) is 17.4 Å². The predicted octanol–water partition coefficient (Wildman–Crippen LogP) is 1.55. The van der Waals surface area contributed by atoms with Gasteiger partial charge in [-0.3, -0.25) is 9.69 Å². The third-order valence-corrected chi connectivity index (χ3v) is 4.34. The fourth-order valence-corrected chi connectivity index (χ4v) is 2.98. The molecule has 0 radical (unpaired) electrons. The highest BCUT2D eigenvalue weighted by Crippen LogP contribution is 2.25. The highest BCUT2D eigenvalue weighted by Gasteiger charge is 2.29. The first-order valence-corrected chi connectivity index (χ1v) is 7.41. The van der Waals surface area contributed by atoms with Gasteiger partial charge < -0.3 is 11.5 Å². The van der Waals surface area contributed by atoms with Crippen LogP contribution in [-0.4, -0.2) is 28.4 Å². The largest absolute Gasteiger partial charge is 0.389 e. The van der Waals surface area contributed by atoms with Crippen LogP contribution >= 0.6 is 12.2 Å². The molecule has 1 heterocycles. The zero-order valence-corrected chi connectivity index (χ0v) is 12.8. The van der Waals surface area contributed by atoms with Gasteiger partial charge >= 0.3 is 0 Å². The SMILES string of the molecule is CC1CCC(C(N)=O)CN1Cc1cc(F)ccc1C(N)=S. The summed E-state index contributed by atoms with van der Waals surface area (Å²) in [5, 5.41) is 0. The van der Waals surface area contributed by atoms with Crippen molar-refractivity contribution in [3.8, 4) is 0 Å². The van der Waals surface area contributed by atoms with E-state index in [1.807, 2.05) is 0 Å². The van der Waals surface area contributed by atoms with E-state index in [1.165, 1.54) is 12.1 Å². The van der Waals surface area contributed by atoms with Gasteiger partial charge in [0.1, 0.15) is 10.8 Å². The van der Waals surface area contributed by atoms with Crippen molar-refractivity contribution in [2.75, 3.05) is 6.54 Å². The molecule has 2 atom stereocenters. The van der Waals surface area contributed by atoms with Crippen molar-refractivity contribution in [3.63, 3.8) is 0 Å². The summed E-state index contributed by atoms with van der Waals surface area (Å²) < 4.78 is 13.5. The van der Waals surface area contributed by atoms with E-state index in [9.17, 15) is 9.18 Å². The van der Waals surface area contributed by atoms with Crippen LogP contribution in [0, 0.1) is 11.7 Å². The quantitative estimate of drug-likeness (QED) is 0.828. The van der Waals surface area contributed by atoms with E-state index in [0.29, 0.717) is 24.7 Å². The summed E-state index contributed by atoms with van der Waals surface area (Å²) in [6.07, 6.45) is 1.70. The maximum Gasteiger partial charge on any atom is 0.221 e. The van der Waals surface area contributed by atoms with E-state index in [4.69, 9.17) is 23.7 Å². The fourth-order valence-electron chi connectivity index (χ4n) is 2.78. The number of thiocarbonyl (C=S) groups is 1. The lowest BCUT2D eigenvalue weighted by molar-refractivity contribution is -0.124. The maximum absolute atomic E-state index is 13.5. The Balaban J connectivity index is 2.21. The molecule has 21 heavy (non-hydrogen) atoms. The summed E-state index contributed by atoms with van der Waals surface area (Å²) in [4.78, 5) is 13.8. The minimum absolute atomic E-state index is 0.150. The van der Waals surface area contributed by atoms with Crippen molar-refractivity contribution < 1.29 is 9.18 Å². The molecule has 4 N–H and O–H groups in total. The van der Waals surface area contributed by atoms with E-state index >= 15 is 0 Å². The third kappa shape index (κ3) is 3.77. The van der Waals surface area contributed by atoms with Crippen molar-refractivity contribution >= 4 is 23.1 Å². The molecule has 1 aliphatic heterocycles. The molecule has 1 amide bonds. The molecule has 4 nitrogen and oxygen atoms in total. The molecule has 2 rings (SSSR count). The average Bonchev–Trinajstić information content (AvgIpc) is 2.40. The van der Waals surface area contributed by atoms with Gasteiger partial charge in [0.25, 0.3) is 0 Å². The smallest absolute Gasteiger partial charge is 0.221 e. The molecule has 0 aromatic heterocycles. The molecular weight excluding hydrogens is 289 g/mol. The van der Waals surface area contributed by atoms with Gasteiger partial charge in [0, 0.05) is 24.7 Å². The van der Waals surface area contributed by atoms with Crippen LogP contribution in [0.15, 0.2) is 18.2 Å². The van der Waals surface area contributed by atoms with Crippen molar-refractivity contribution in [2.45, 2.75) is 32.4 Å². The van der Waals surface area contributed by atoms with Gasteiger partial charge in [-0.25, -0.2) is 4.39 Å². The van der Waals surface area contributed by atoms with Crippen molar-refractivity contribution in [1.29, 1.82) is 0 Å². The number of hydrogen-bond acceptors (Lipinski definition) is 3. The normalized spacial score (nSPS) is 23.0. The van der Waals surface area contributed by atoms with Crippen molar-refractivity contribution in [1.82, 2.24) is 4.90 Å². The Hall–Kier alpha value is -1.53. The first-order valence-electron chi connectivity index (χ1n) is 7.00. The molecule has 1 saturated heterocycles. The Morgan fingerprint density at radius 2 is 2.14 bits per heavy atom. The number of piperidine rings is 1. The van der Waals surface area contributed by atoms with Gasteiger partial charge in [0.2, 0.25) is 5.91 Å². The van der Waals surface area contributed by atoms with Gasteiger partial charge in [-0.1, -0.05) is 12.2 Å². The Morgan fingerprint density at radius 1 is 1.43 bits per heavy atom. The standard InChI is InChI=1S/C15H20FN3OS/c1-9-2-3-10(14(17)20)7-19(9)8-11-6-12(16)4-5-13(11)15(18)21/h4-6,9-10H,2-3,7-8H2,1H3,(H2,17,20)(H2,18,21). The van der Waals surface area contributed by atoms with Crippen LogP contribution in [0.5, 0.6) is 0 Å². The number of primary amides is 1. The molecule has 0 bridgehead atoms. The second kappa shape index (κ2) is 6.49. The Bertz CT molecular complexity index is 564. The van der Waals surface area contributed by atoms with E-state index in [1.54, 1.807) is 6.07 Å². The van der Waals surface area contributed by atoms with Crippen LogP contribution < -0.4 is 11.5 Å². The summed E-state index contributed by atoms with van der Waals surface area (Å²) in [5.74, 6) is -0.745. The Morgan fingerprint density at radius 3 is 2.76 bits per heavy atom. The number of rotatable bonds is 4. The summed E-state index contributed by atoms with van der Waals surface area (Å²) in [7, 11) is 0. The predicted molar refractivity (Wildman–Crippen MR) is 84.1 cm³/mol. The number of halogens is 1. The highest BCUT2D eigenvalue weighted by molar-refractivity contribution is 7.80. The molecule has 1 aromatic carbocycles. The van der Waals surface area contributed by atoms with Gasteiger partial charge in [-0.05, 0) is 43.5 Å². The van der Waals surface area contributed by atoms with Crippen LogP contribution in [0.2, 0.25) is 0 Å². The topological polar surface area (TPSA) is 72.4 Å². The lowest BCUT2D eigenvalue weighted by Crippen LogP contribution is -2.45. The van der Waals surface area contributed by atoms with E-state index in [2.05, 4.69) is 11.8 Å². The number of hydrogen-bond donors (Lipinski definition) is 2. The second-order valence-corrected chi connectivity index (χ2v) is 6.06. The highest BCUT2D eigenvalue weighted by atomic mass is 32.1. The molecule has 0 saturated carbocycles. The van der Waals surface area contributed by atoms with Gasteiger partial charge in [0.05, 0.1) is 5.92 Å². The fraction of sp³-hybridized carbons (Fsp3) is 0.467. The lowest BCUT2D eigenvalue weighted by atomic mass is 9.92. The number of benzene rings is 1. The van der Waals surface area contributed by atoms with Crippen LogP contribution in [0.25, 0.3) is 0 Å². The van der Waals surface area contributed by atoms with Crippen LogP contribution in [-0.2, 0) is 11.3 Å². The minimum atomic E-state index is -0.318. The molecule has 0 aliphatic carbocycles. The summed E-state index contributed by atoms with van der Waals surface area (Å²) in [5.41, 5.74) is 12.5. The number of nitrogens with two attached hydrogens (primary N) is 2. The van der Waals surface area contributed by atoms with Crippen LogP contribution in [0.1, 0.15) is 30.9 Å². The monoisotopic (exact) mass is 309 g/mol. The molecule has 1 aliphatic rings. The van der Waals surface area contributed by atoms with Gasteiger partial charge in [-0.15, -0.1) is 0 Å². The summed E-state index contributed by atoms with van der Waals surface area (Å²) in [6.45, 7) is 3.19. The number of carbonyl (C=O) groups excluding carboxylic acids is 1. The van der Waals surface area contributed by atoms with Crippen LogP contribution in [0.4, 0.5) is 4.39 Å². The average molecular weight is 309 g/mol. The molecule has 6 heteroatoms. The molecular formula is C15H20FN3OS. The van der Waals surface area contributed by atoms with E-state index in [0.717, 1.165) is 18.4 Å². The van der Waals surface area contributed by atoms with Crippen LogP contribution in [0.3, 0.4) is 0 Å². The number of nitrogens with zero attached hydrogens (tertiary/aromatic N) is 1. The molecule has 1 aromatic rings. The Kier molecular flexibility index (Phi) is 4.90. The number of amides is 1. The maximum atomic E-state index is 13.5. The van der Waals surface area contributed by atoms with E-state index < -0.39 is 0 Å². The number of likely N-dealkylation sites (tertiary alicyclic amines) is 1. The van der Waals surface area contributed by atoms with Gasteiger partial charge in [0.15, 0.2) is 0 Å². The number of carbonyl (C=O) groups is 1. The van der Waals surface area contributed by atoms with Gasteiger partial charge in [-0.2, -0.15) is 0 Å². The Labute approximate surface area is 129 Å². The molecule has 1 fully saturated rings. The third-order valence-electron chi connectivity index (χ3n) is 4.12. The van der Waals surface area contributed by atoms with E-state index in [-0.39, 0.29) is 22.6 Å². The zero-order valence-electron chi connectivity index (χ0n) is 12.0. The summed E-state index contributed by atoms with van der Waals surface area (Å²) >= 11 is 5.02. The molecule has 2 unspecified atom stereocenters. The lowest BCUT2D eigenvalue weighted by Gasteiger charge is -2.37. The second-order valence-electron chi connectivity index (χ2n) is 5.62. The molecule has 114 valence electrons. The summed E-state index contributed by atoms with van der Waals surface area (Å²) in [6, 6.07) is 4.72. The first kappa shape index (κ1) is 15.9. The molecule has 0 spiro atoms.